The maximum absolute atomic E-state index is 6.33. The van der Waals surface area contributed by atoms with E-state index in [2.05, 4.69) is 45.7 Å². The number of nitrogens with one attached hydrogen (secondary N) is 1. The van der Waals surface area contributed by atoms with Crippen LogP contribution in [0.15, 0.2) is 72.9 Å². The molecule has 1 N–H and O–H groups in total. The minimum atomic E-state index is -0.137. The summed E-state index contributed by atoms with van der Waals surface area (Å²) in [6.07, 6.45) is 1.82. The summed E-state index contributed by atoms with van der Waals surface area (Å²) in [5.41, 5.74) is 6.27. The van der Waals surface area contributed by atoms with E-state index in [1.807, 2.05) is 60.8 Å². The molecule has 2 aromatic heterocycles. The van der Waals surface area contributed by atoms with E-state index >= 15 is 0 Å². The van der Waals surface area contributed by atoms with Gasteiger partial charge in [0.2, 0.25) is 6.79 Å². The minimum Gasteiger partial charge on any atom is -0.454 e. The van der Waals surface area contributed by atoms with Crippen molar-refractivity contribution in [2.75, 3.05) is 11.7 Å². The zero-order valence-electron chi connectivity index (χ0n) is 19.2. The van der Waals surface area contributed by atoms with Crippen molar-refractivity contribution in [1.29, 1.82) is 0 Å². The van der Waals surface area contributed by atoms with Crippen LogP contribution in [0.2, 0.25) is 5.02 Å². The van der Waals surface area contributed by atoms with Crippen molar-refractivity contribution in [3.8, 4) is 17.2 Å². The number of halogens is 1. The molecule has 0 bridgehead atoms. The normalized spacial score (nSPS) is 18.7. The molecule has 2 aliphatic heterocycles. The molecule has 0 amide bonds. The first-order valence-electron chi connectivity index (χ1n) is 11.4. The van der Waals surface area contributed by atoms with E-state index in [4.69, 9.17) is 33.3 Å². The van der Waals surface area contributed by atoms with Gasteiger partial charge in [0.05, 0.1) is 17.8 Å². The van der Waals surface area contributed by atoms with E-state index in [0.29, 0.717) is 10.1 Å². The van der Waals surface area contributed by atoms with E-state index in [-0.39, 0.29) is 18.9 Å². The van der Waals surface area contributed by atoms with Gasteiger partial charge < -0.3 is 24.3 Å². The van der Waals surface area contributed by atoms with Crippen molar-refractivity contribution in [1.82, 2.24) is 14.9 Å². The number of rotatable bonds is 4. The molecule has 0 spiro atoms. The second-order valence-electron chi connectivity index (χ2n) is 8.68. The molecule has 6 rings (SSSR count). The van der Waals surface area contributed by atoms with E-state index in [0.717, 1.165) is 45.5 Å². The number of fused-ring (bicyclic) bond motifs is 1. The summed E-state index contributed by atoms with van der Waals surface area (Å²) in [5.74, 6) is 1.46. The topological polar surface area (TPSA) is 51.6 Å². The lowest BCUT2D eigenvalue weighted by Gasteiger charge is -2.28. The Hall–Kier alpha value is -3.55. The molecule has 0 aliphatic carbocycles. The van der Waals surface area contributed by atoms with Crippen LogP contribution in [0.3, 0.4) is 0 Å². The van der Waals surface area contributed by atoms with Crippen LogP contribution in [0, 0.1) is 13.8 Å². The SMILES string of the molecule is Cc1cc([C@H]2[C@@H](c3ccccn3)NC(=S)N2c2ccc3c(c2)OCO3)c(C)n1-c1cccc(Cl)c1. The molecule has 4 heterocycles. The molecule has 0 saturated carbocycles. The van der Waals surface area contributed by atoms with Crippen LogP contribution in [0.1, 0.15) is 34.7 Å². The van der Waals surface area contributed by atoms with Gasteiger partial charge in [0.15, 0.2) is 16.6 Å². The molecular formula is C27H23ClN4O2S. The third-order valence-electron chi connectivity index (χ3n) is 6.59. The predicted molar refractivity (Wildman–Crippen MR) is 141 cm³/mol. The molecular weight excluding hydrogens is 480 g/mol. The number of pyridine rings is 1. The molecule has 2 aliphatic rings. The number of thiocarbonyl (C=S) groups is 1. The number of hydrogen-bond donors (Lipinski definition) is 1. The van der Waals surface area contributed by atoms with Crippen molar-refractivity contribution in [3.05, 3.63) is 101 Å². The Bertz CT molecular complexity index is 1440. The fourth-order valence-corrected chi connectivity index (χ4v) is 5.61. The van der Waals surface area contributed by atoms with Crippen LogP contribution in [0.4, 0.5) is 5.69 Å². The lowest BCUT2D eigenvalue weighted by molar-refractivity contribution is 0.174. The van der Waals surface area contributed by atoms with Crippen molar-refractivity contribution < 1.29 is 9.47 Å². The van der Waals surface area contributed by atoms with Crippen LogP contribution in [-0.4, -0.2) is 21.5 Å². The van der Waals surface area contributed by atoms with Gasteiger partial charge in [-0.05, 0) is 80.2 Å². The van der Waals surface area contributed by atoms with Crippen LogP contribution in [0.25, 0.3) is 5.69 Å². The average Bonchev–Trinajstić information content (AvgIpc) is 3.54. The second-order valence-corrected chi connectivity index (χ2v) is 9.50. The number of benzene rings is 2. The third kappa shape index (κ3) is 3.72. The molecule has 8 heteroatoms. The van der Waals surface area contributed by atoms with Gasteiger partial charge in [-0.2, -0.15) is 0 Å². The summed E-state index contributed by atoms with van der Waals surface area (Å²) in [6.45, 7) is 4.47. The summed E-state index contributed by atoms with van der Waals surface area (Å²) < 4.78 is 13.4. The third-order valence-corrected chi connectivity index (χ3v) is 7.14. The van der Waals surface area contributed by atoms with Crippen molar-refractivity contribution in [2.24, 2.45) is 0 Å². The summed E-state index contributed by atoms with van der Waals surface area (Å²) in [4.78, 5) is 6.82. The van der Waals surface area contributed by atoms with Crippen LogP contribution in [0.5, 0.6) is 11.5 Å². The molecule has 176 valence electrons. The average molecular weight is 503 g/mol. The number of aromatic nitrogens is 2. The molecule has 1 saturated heterocycles. The number of hydrogen-bond acceptors (Lipinski definition) is 4. The van der Waals surface area contributed by atoms with Gasteiger partial charge in [-0.15, -0.1) is 0 Å². The van der Waals surface area contributed by atoms with Gasteiger partial charge in [0, 0.05) is 40.0 Å². The van der Waals surface area contributed by atoms with Gasteiger partial charge in [0.25, 0.3) is 0 Å². The highest BCUT2D eigenvalue weighted by Gasteiger charge is 2.42. The molecule has 2 atom stereocenters. The molecule has 2 aromatic carbocycles. The number of nitrogens with zero attached hydrogens (tertiary/aromatic N) is 3. The molecule has 4 aromatic rings. The molecule has 1 fully saturated rings. The summed E-state index contributed by atoms with van der Waals surface area (Å²) in [7, 11) is 0. The number of ether oxygens (including phenoxy) is 2. The zero-order chi connectivity index (χ0) is 24.1. The lowest BCUT2D eigenvalue weighted by atomic mass is 9.96. The van der Waals surface area contributed by atoms with Gasteiger partial charge >= 0.3 is 0 Å². The molecule has 0 radical (unpaired) electrons. The van der Waals surface area contributed by atoms with Crippen molar-refractivity contribution in [2.45, 2.75) is 25.9 Å². The fraction of sp³-hybridized carbons (Fsp3) is 0.185. The highest BCUT2D eigenvalue weighted by molar-refractivity contribution is 7.80. The van der Waals surface area contributed by atoms with Crippen LogP contribution >= 0.6 is 23.8 Å². The number of anilines is 1. The van der Waals surface area contributed by atoms with Crippen LogP contribution < -0.4 is 19.7 Å². The summed E-state index contributed by atoms with van der Waals surface area (Å²) >= 11 is 12.2. The zero-order valence-corrected chi connectivity index (χ0v) is 20.8. The first-order chi connectivity index (χ1) is 17.0. The van der Waals surface area contributed by atoms with Crippen LogP contribution in [-0.2, 0) is 0 Å². The fourth-order valence-electron chi connectivity index (χ4n) is 5.08. The highest BCUT2D eigenvalue weighted by atomic mass is 35.5. The Labute approximate surface area is 214 Å². The van der Waals surface area contributed by atoms with E-state index in [9.17, 15) is 0 Å². The molecule has 0 unspecified atom stereocenters. The van der Waals surface area contributed by atoms with E-state index in [1.165, 1.54) is 0 Å². The molecule has 35 heavy (non-hydrogen) atoms. The Morgan fingerprint density at radius 3 is 2.63 bits per heavy atom. The van der Waals surface area contributed by atoms with E-state index < -0.39 is 0 Å². The highest BCUT2D eigenvalue weighted by Crippen LogP contribution is 2.46. The smallest absolute Gasteiger partial charge is 0.231 e. The minimum absolute atomic E-state index is 0.128. The van der Waals surface area contributed by atoms with Gasteiger partial charge in [0.1, 0.15) is 0 Å². The Balaban J connectivity index is 1.51. The summed E-state index contributed by atoms with van der Waals surface area (Å²) in [5, 5.41) is 4.87. The summed E-state index contributed by atoms with van der Waals surface area (Å²) in [6, 6.07) is 21.8. The maximum atomic E-state index is 6.33. The van der Waals surface area contributed by atoms with Gasteiger partial charge in [-0.3, -0.25) is 4.98 Å². The Morgan fingerprint density at radius 1 is 0.971 bits per heavy atom. The lowest BCUT2D eigenvalue weighted by Crippen LogP contribution is -2.29. The van der Waals surface area contributed by atoms with Crippen molar-refractivity contribution in [3.63, 3.8) is 0 Å². The maximum Gasteiger partial charge on any atom is 0.231 e. The predicted octanol–water partition coefficient (Wildman–Crippen LogP) is 6.05. The first-order valence-corrected chi connectivity index (χ1v) is 12.1. The Kier molecular flexibility index (Phi) is 5.39. The standard InChI is InChI=1S/C27H23ClN4O2S/c1-16-12-21(17(2)31(16)19-7-5-6-18(28)13-19)26-25(22-8-3-4-11-29-22)30-27(35)32(26)20-9-10-23-24(14-20)34-15-33-23/h3-14,25-26H,15H2,1-2H3,(H,30,35)/t25-,26+/m1/s1. The first kappa shape index (κ1) is 21.9. The largest absolute Gasteiger partial charge is 0.454 e. The second kappa shape index (κ2) is 8.59. The number of aryl methyl sites for hydroxylation is 1. The molecule has 6 nitrogen and oxygen atoms in total. The quantitative estimate of drug-likeness (QED) is 0.343. The van der Waals surface area contributed by atoms with Gasteiger partial charge in [-0.1, -0.05) is 23.7 Å². The Morgan fingerprint density at radius 2 is 1.83 bits per heavy atom. The van der Waals surface area contributed by atoms with E-state index in [1.54, 1.807) is 0 Å². The van der Waals surface area contributed by atoms with Crippen molar-refractivity contribution >= 4 is 34.6 Å². The van der Waals surface area contributed by atoms with Gasteiger partial charge in [-0.25, -0.2) is 0 Å². The monoisotopic (exact) mass is 502 g/mol.